The zero-order valence-corrected chi connectivity index (χ0v) is 15.9. The Hall–Kier alpha value is -2.49. The summed E-state index contributed by atoms with van der Waals surface area (Å²) in [6.07, 6.45) is 0. The molecule has 3 rings (SSSR count). The topological polar surface area (TPSA) is 21.6 Å². The molecule has 26 heavy (non-hydrogen) atoms. The summed E-state index contributed by atoms with van der Waals surface area (Å²) < 4.78 is 6.03. The molecule has 2 nitrogen and oxygen atoms in total. The third-order valence-corrected chi connectivity index (χ3v) is 4.74. The summed E-state index contributed by atoms with van der Waals surface area (Å²) in [7, 11) is 0. The van der Waals surface area contributed by atoms with E-state index in [-0.39, 0.29) is 0 Å². The van der Waals surface area contributed by atoms with Gasteiger partial charge in [0.25, 0.3) is 0 Å². The first-order chi connectivity index (χ1) is 12.7. The van der Waals surface area contributed by atoms with Gasteiger partial charge in [0.1, 0.15) is 5.75 Å². The number of hydrogen-bond acceptors (Lipinski definition) is 3. The van der Waals surface area contributed by atoms with Crippen molar-refractivity contribution in [2.45, 2.75) is 11.8 Å². The molecule has 0 aliphatic heterocycles. The average molecular weight is 380 g/mol. The van der Waals surface area contributed by atoms with E-state index < -0.39 is 0 Å². The first-order valence-electron chi connectivity index (χ1n) is 8.17. The molecule has 0 fully saturated rings. The van der Waals surface area contributed by atoms with Crippen LogP contribution in [0.2, 0.25) is 5.02 Å². The number of rotatable bonds is 5. The van der Waals surface area contributed by atoms with Crippen LogP contribution >= 0.6 is 23.4 Å². The number of hydrogen-bond donors (Lipinski definition) is 0. The number of aliphatic imine (C=N–C) groups is 1. The second-order valence-corrected chi connectivity index (χ2v) is 6.92. The minimum atomic E-state index is 0.557. The quantitative estimate of drug-likeness (QED) is 0.267. The Labute approximate surface area is 163 Å². The van der Waals surface area contributed by atoms with E-state index in [1.54, 1.807) is 23.9 Å². The van der Waals surface area contributed by atoms with Crippen molar-refractivity contribution in [3.8, 4) is 5.75 Å². The lowest BCUT2D eigenvalue weighted by atomic mass is 10.3. The van der Waals surface area contributed by atoms with Crippen LogP contribution in [0.1, 0.15) is 6.92 Å². The number of halogens is 1. The maximum Gasteiger partial charge on any atom is 0.223 e. The van der Waals surface area contributed by atoms with Gasteiger partial charge in [0.05, 0.1) is 5.69 Å². The second kappa shape index (κ2) is 9.27. The summed E-state index contributed by atoms with van der Waals surface area (Å²) in [5.41, 5.74) is 1.78. The van der Waals surface area contributed by atoms with Crippen LogP contribution in [0, 0.1) is 0 Å². The summed E-state index contributed by atoms with van der Waals surface area (Å²) in [5, 5.41) is 2.72. The molecular weight excluding hydrogens is 362 g/mol. The Morgan fingerprint density at radius 2 is 1.50 bits per heavy atom. The molecule has 3 aromatic carbocycles. The molecule has 0 heterocycles. The lowest BCUT2D eigenvalue weighted by Crippen LogP contribution is -2.09. The highest BCUT2D eigenvalue weighted by atomic mass is 35.5. The van der Waals surface area contributed by atoms with Crippen LogP contribution < -0.4 is 4.74 Å². The molecule has 0 bridgehead atoms. The van der Waals surface area contributed by atoms with Crippen molar-refractivity contribution >= 4 is 34.9 Å². The fourth-order valence-corrected chi connectivity index (χ4v) is 2.99. The van der Waals surface area contributed by atoms with Crippen molar-refractivity contribution in [3.05, 3.63) is 101 Å². The minimum Gasteiger partial charge on any atom is -0.439 e. The molecule has 0 amide bonds. The van der Waals surface area contributed by atoms with E-state index in [4.69, 9.17) is 16.3 Å². The van der Waals surface area contributed by atoms with E-state index in [0.717, 1.165) is 16.2 Å². The van der Waals surface area contributed by atoms with Crippen molar-refractivity contribution in [3.63, 3.8) is 0 Å². The van der Waals surface area contributed by atoms with Crippen LogP contribution in [0.25, 0.3) is 0 Å². The van der Waals surface area contributed by atoms with Crippen molar-refractivity contribution in [2.75, 3.05) is 0 Å². The molecule has 0 N–H and O–H groups in total. The molecule has 0 saturated heterocycles. The smallest absolute Gasteiger partial charge is 0.223 e. The molecule has 0 atom stereocenters. The van der Waals surface area contributed by atoms with Gasteiger partial charge in [-0.15, -0.1) is 0 Å². The monoisotopic (exact) mass is 379 g/mol. The SMILES string of the molecule is CC(=CSc1ccccc1)C(=Nc1ccccc1)Oc1ccc(Cl)cc1. The maximum atomic E-state index is 6.03. The fraction of sp³-hybridized carbons (Fsp3) is 0.0455. The highest BCUT2D eigenvalue weighted by Gasteiger charge is 2.07. The van der Waals surface area contributed by atoms with Crippen LogP contribution in [-0.2, 0) is 0 Å². The van der Waals surface area contributed by atoms with Gasteiger partial charge in [0.15, 0.2) is 0 Å². The van der Waals surface area contributed by atoms with Crippen molar-refractivity contribution < 1.29 is 4.74 Å². The van der Waals surface area contributed by atoms with Gasteiger partial charge < -0.3 is 4.74 Å². The number of nitrogens with zero attached hydrogens (tertiary/aromatic N) is 1. The van der Waals surface area contributed by atoms with Crippen molar-refractivity contribution in [1.29, 1.82) is 0 Å². The Balaban J connectivity index is 1.86. The molecule has 0 aromatic heterocycles. The number of para-hydroxylation sites is 1. The lowest BCUT2D eigenvalue weighted by Gasteiger charge is -2.10. The van der Waals surface area contributed by atoms with Crippen molar-refractivity contribution in [2.24, 2.45) is 4.99 Å². The first kappa shape index (κ1) is 18.3. The average Bonchev–Trinajstić information content (AvgIpc) is 2.69. The van der Waals surface area contributed by atoms with Crippen molar-refractivity contribution in [1.82, 2.24) is 0 Å². The van der Waals surface area contributed by atoms with E-state index in [1.807, 2.05) is 73.0 Å². The molecule has 0 spiro atoms. The van der Waals surface area contributed by atoms with Gasteiger partial charge in [0, 0.05) is 15.5 Å². The van der Waals surface area contributed by atoms with E-state index >= 15 is 0 Å². The summed E-state index contributed by atoms with van der Waals surface area (Å²) >= 11 is 7.59. The fourth-order valence-electron chi connectivity index (χ4n) is 2.13. The van der Waals surface area contributed by atoms with Gasteiger partial charge in [-0.3, -0.25) is 0 Å². The maximum absolute atomic E-state index is 6.03. The molecule has 4 heteroatoms. The first-order valence-corrected chi connectivity index (χ1v) is 9.42. The zero-order valence-electron chi connectivity index (χ0n) is 14.3. The van der Waals surface area contributed by atoms with Crippen LogP contribution in [0.3, 0.4) is 0 Å². The molecule has 0 saturated carbocycles. The minimum absolute atomic E-state index is 0.557. The van der Waals surface area contributed by atoms with E-state index in [0.29, 0.717) is 16.7 Å². The molecule has 3 aromatic rings. The summed E-state index contributed by atoms with van der Waals surface area (Å²) in [6, 6.07) is 27.2. The predicted octanol–water partition coefficient (Wildman–Crippen LogP) is 7.15. The van der Waals surface area contributed by atoms with Crippen LogP contribution in [0.5, 0.6) is 5.75 Å². The van der Waals surface area contributed by atoms with Gasteiger partial charge in [-0.25, -0.2) is 4.99 Å². The highest BCUT2D eigenvalue weighted by Crippen LogP contribution is 2.23. The highest BCUT2D eigenvalue weighted by molar-refractivity contribution is 8.02. The van der Waals surface area contributed by atoms with Gasteiger partial charge in [-0.1, -0.05) is 59.8 Å². The van der Waals surface area contributed by atoms with Gasteiger partial charge in [-0.05, 0) is 60.9 Å². The van der Waals surface area contributed by atoms with Gasteiger partial charge >= 0.3 is 0 Å². The molecule has 130 valence electrons. The number of ether oxygens (including phenoxy) is 1. The van der Waals surface area contributed by atoms with Crippen LogP contribution in [0.4, 0.5) is 5.69 Å². The number of benzene rings is 3. The Morgan fingerprint density at radius 1 is 0.885 bits per heavy atom. The lowest BCUT2D eigenvalue weighted by molar-refractivity contribution is 0.551. The Bertz CT molecular complexity index is 890. The molecule has 0 aliphatic carbocycles. The van der Waals surface area contributed by atoms with E-state index in [2.05, 4.69) is 17.1 Å². The normalized spacial score (nSPS) is 12.1. The molecule has 0 aliphatic rings. The summed E-state index contributed by atoms with van der Waals surface area (Å²) in [5.74, 6) is 1.25. The van der Waals surface area contributed by atoms with Gasteiger partial charge in [0.2, 0.25) is 5.90 Å². The molecule has 0 radical (unpaired) electrons. The molecule has 0 unspecified atom stereocenters. The van der Waals surface area contributed by atoms with E-state index in [9.17, 15) is 0 Å². The van der Waals surface area contributed by atoms with Gasteiger partial charge in [-0.2, -0.15) is 0 Å². The largest absolute Gasteiger partial charge is 0.439 e. The Morgan fingerprint density at radius 3 is 2.15 bits per heavy atom. The molecular formula is C22H18ClNOS. The third-order valence-electron chi connectivity index (χ3n) is 3.47. The number of thioether (sulfide) groups is 1. The second-order valence-electron chi connectivity index (χ2n) is 5.54. The van der Waals surface area contributed by atoms with Crippen LogP contribution in [0.15, 0.2) is 106 Å². The summed E-state index contributed by atoms with van der Waals surface area (Å²) in [4.78, 5) is 5.83. The van der Waals surface area contributed by atoms with E-state index in [1.165, 1.54) is 0 Å². The Kier molecular flexibility index (Phi) is 6.53. The zero-order chi connectivity index (χ0) is 18.2. The van der Waals surface area contributed by atoms with Crippen LogP contribution in [-0.4, -0.2) is 5.90 Å². The third kappa shape index (κ3) is 5.51. The summed E-state index contributed by atoms with van der Waals surface area (Å²) in [6.45, 7) is 1.99. The standard InChI is InChI=1S/C22H18ClNOS/c1-17(16-26-21-10-6-3-7-11-21)22(24-19-8-4-2-5-9-19)25-20-14-12-18(23)13-15-20/h2-16H,1H3. The predicted molar refractivity (Wildman–Crippen MR) is 112 cm³/mol.